The number of carbonyl (C=O) groups is 1. The summed E-state index contributed by atoms with van der Waals surface area (Å²) in [6.07, 6.45) is 0.330. The summed E-state index contributed by atoms with van der Waals surface area (Å²) in [6.45, 7) is 7.37. The van der Waals surface area contributed by atoms with E-state index in [-0.39, 0.29) is 17.6 Å². The SMILES string of the molecule is CCN(CC)CCN(C(=O)CC(c1ccccc1)c1ccccc1)c1nc2ccc(F)cc2s1. The Bertz CT molecular complexity index is 1170. The second kappa shape index (κ2) is 11.4. The van der Waals surface area contributed by atoms with E-state index in [0.717, 1.165) is 35.5 Å². The van der Waals surface area contributed by atoms with E-state index >= 15 is 0 Å². The Balaban J connectivity index is 1.66. The molecule has 4 rings (SSSR count). The van der Waals surface area contributed by atoms with Crippen LogP contribution in [0.2, 0.25) is 0 Å². The Labute approximate surface area is 204 Å². The number of nitrogens with zero attached hydrogens (tertiary/aromatic N) is 3. The van der Waals surface area contributed by atoms with Crippen molar-refractivity contribution in [3.8, 4) is 0 Å². The predicted molar refractivity (Wildman–Crippen MR) is 139 cm³/mol. The molecule has 0 spiro atoms. The van der Waals surface area contributed by atoms with Gasteiger partial charge in [0.1, 0.15) is 5.82 Å². The third-order valence-electron chi connectivity index (χ3n) is 6.19. The third kappa shape index (κ3) is 5.69. The Morgan fingerprint density at radius 2 is 1.53 bits per heavy atom. The highest BCUT2D eigenvalue weighted by molar-refractivity contribution is 7.22. The molecule has 0 aliphatic heterocycles. The van der Waals surface area contributed by atoms with Crippen molar-refractivity contribution in [1.82, 2.24) is 9.88 Å². The summed E-state index contributed by atoms with van der Waals surface area (Å²) in [5.41, 5.74) is 2.93. The van der Waals surface area contributed by atoms with Crippen molar-refractivity contribution in [2.75, 3.05) is 31.1 Å². The highest BCUT2D eigenvalue weighted by atomic mass is 32.1. The molecule has 0 atom stereocenters. The second-order valence-corrected chi connectivity index (χ2v) is 9.27. The fourth-order valence-electron chi connectivity index (χ4n) is 4.19. The molecular weight excluding hydrogens is 445 g/mol. The number of aromatic nitrogens is 1. The van der Waals surface area contributed by atoms with Crippen LogP contribution >= 0.6 is 11.3 Å². The fourth-order valence-corrected chi connectivity index (χ4v) is 5.23. The van der Waals surface area contributed by atoms with Crippen molar-refractivity contribution < 1.29 is 9.18 Å². The van der Waals surface area contributed by atoms with Crippen molar-refractivity contribution >= 4 is 32.6 Å². The molecule has 0 fully saturated rings. The van der Waals surface area contributed by atoms with Gasteiger partial charge in [-0.05, 0) is 42.4 Å². The predicted octanol–water partition coefficient (Wildman–Crippen LogP) is 6.33. The first kappa shape index (κ1) is 24.0. The molecule has 0 aliphatic carbocycles. The Morgan fingerprint density at radius 3 is 2.12 bits per heavy atom. The molecule has 4 aromatic rings. The first-order valence-corrected chi connectivity index (χ1v) is 12.6. The number of thiazole rings is 1. The smallest absolute Gasteiger partial charge is 0.229 e. The van der Waals surface area contributed by atoms with Gasteiger partial charge >= 0.3 is 0 Å². The van der Waals surface area contributed by atoms with Crippen molar-refractivity contribution in [3.63, 3.8) is 0 Å². The minimum Gasteiger partial charge on any atom is -0.302 e. The molecule has 6 heteroatoms. The summed E-state index contributed by atoms with van der Waals surface area (Å²) in [5.74, 6) is -0.334. The first-order chi connectivity index (χ1) is 16.6. The summed E-state index contributed by atoms with van der Waals surface area (Å²) in [7, 11) is 0. The quantitative estimate of drug-likeness (QED) is 0.269. The van der Waals surface area contributed by atoms with Gasteiger partial charge in [0, 0.05) is 25.4 Å². The van der Waals surface area contributed by atoms with E-state index in [1.54, 1.807) is 11.0 Å². The van der Waals surface area contributed by atoms with Crippen LogP contribution in [0.3, 0.4) is 0 Å². The van der Waals surface area contributed by atoms with Crippen LogP contribution in [0.1, 0.15) is 37.3 Å². The van der Waals surface area contributed by atoms with Crippen LogP contribution in [-0.2, 0) is 4.79 Å². The molecule has 176 valence electrons. The van der Waals surface area contributed by atoms with Crippen LogP contribution in [-0.4, -0.2) is 42.0 Å². The van der Waals surface area contributed by atoms with E-state index in [1.807, 2.05) is 36.4 Å². The van der Waals surface area contributed by atoms with Crippen LogP contribution in [0, 0.1) is 5.82 Å². The van der Waals surface area contributed by atoms with Gasteiger partial charge in [-0.25, -0.2) is 9.37 Å². The van der Waals surface area contributed by atoms with Crippen LogP contribution in [0.15, 0.2) is 78.9 Å². The molecule has 1 aromatic heterocycles. The van der Waals surface area contributed by atoms with Crippen LogP contribution in [0.25, 0.3) is 10.2 Å². The van der Waals surface area contributed by atoms with Crippen molar-refractivity contribution in [2.24, 2.45) is 0 Å². The minimum atomic E-state index is -0.295. The topological polar surface area (TPSA) is 36.4 Å². The summed E-state index contributed by atoms with van der Waals surface area (Å²) in [6, 6.07) is 24.9. The number of fused-ring (bicyclic) bond motifs is 1. The van der Waals surface area contributed by atoms with Gasteiger partial charge < -0.3 is 4.90 Å². The normalized spacial score (nSPS) is 11.4. The molecule has 0 aliphatic rings. The van der Waals surface area contributed by atoms with Gasteiger partial charge in [0.15, 0.2) is 5.13 Å². The second-order valence-electron chi connectivity index (χ2n) is 8.26. The zero-order chi connectivity index (χ0) is 23.9. The van der Waals surface area contributed by atoms with E-state index in [2.05, 4.69) is 43.0 Å². The molecular formula is C28H30FN3OS. The summed E-state index contributed by atoms with van der Waals surface area (Å²) < 4.78 is 14.5. The molecule has 1 heterocycles. The molecule has 3 aromatic carbocycles. The average molecular weight is 476 g/mol. The zero-order valence-corrected chi connectivity index (χ0v) is 20.5. The number of benzene rings is 3. The summed E-state index contributed by atoms with van der Waals surface area (Å²) >= 11 is 1.37. The van der Waals surface area contributed by atoms with Gasteiger partial charge in [-0.1, -0.05) is 85.8 Å². The Kier molecular flexibility index (Phi) is 8.03. The number of carbonyl (C=O) groups excluding carboxylic acids is 1. The number of anilines is 1. The Hall–Kier alpha value is -3.09. The van der Waals surface area contributed by atoms with E-state index in [4.69, 9.17) is 4.98 Å². The van der Waals surface area contributed by atoms with E-state index in [9.17, 15) is 9.18 Å². The maximum Gasteiger partial charge on any atom is 0.229 e. The monoisotopic (exact) mass is 475 g/mol. The molecule has 0 saturated heterocycles. The van der Waals surface area contributed by atoms with Crippen molar-refractivity contribution in [2.45, 2.75) is 26.2 Å². The fraction of sp³-hybridized carbons (Fsp3) is 0.286. The lowest BCUT2D eigenvalue weighted by molar-refractivity contribution is -0.118. The van der Waals surface area contributed by atoms with Gasteiger partial charge in [-0.2, -0.15) is 0 Å². The summed E-state index contributed by atoms with van der Waals surface area (Å²) in [5, 5.41) is 0.623. The first-order valence-electron chi connectivity index (χ1n) is 11.8. The van der Waals surface area contributed by atoms with Gasteiger partial charge in [0.25, 0.3) is 0 Å². The Morgan fingerprint density at radius 1 is 0.912 bits per heavy atom. The van der Waals surface area contributed by atoms with E-state index in [0.29, 0.717) is 23.6 Å². The van der Waals surface area contributed by atoms with Crippen molar-refractivity contribution in [1.29, 1.82) is 0 Å². The standard InChI is InChI=1S/C28H30FN3OS/c1-3-31(4-2)17-18-32(28-30-25-16-15-23(29)19-26(25)34-28)27(33)20-24(21-11-7-5-8-12-21)22-13-9-6-10-14-22/h5-16,19,24H,3-4,17-18,20H2,1-2H3. The molecule has 4 nitrogen and oxygen atoms in total. The number of amides is 1. The number of likely N-dealkylation sites (N-methyl/N-ethyl adjacent to an activating group) is 1. The third-order valence-corrected chi connectivity index (χ3v) is 7.23. The van der Waals surface area contributed by atoms with Gasteiger partial charge in [0.05, 0.1) is 10.2 Å². The lowest BCUT2D eigenvalue weighted by atomic mass is 9.88. The molecule has 1 amide bonds. The maximum absolute atomic E-state index is 13.8. The highest BCUT2D eigenvalue weighted by Crippen LogP contribution is 2.33. The van der Waals surface area contributed by atoms with Gasteiger partial charge in [-0.15, -0.1) is 0 Å². The van der Waals surface area contributed by atoms with E-state index < -0.39 is 0 Å². The number of hydrogen-bond acceptors (Lipinski definition) is 4. The highest BCUT2D eigenvalue weighted by Gasteiger charge is 2.25. The van der Waals surface area contributed by atoms with E-state index in [1.165, 1.54) is 23.5 Å². The van der Waals surface area contributed by atoms with Crippen molar-refractivity contribution in [3.05, 3.63) is 95.8 Å². The maximum atomic E-state index is 13.8. The molecule has 34 heavy (non-hydrogen) atoms. The molecule has 0 N–H and O–H groups in total. The lowest BCUT2D eigenvalue weighted by Crippen LogP contribution is -2.39. The zero-order valence-electron chi connectivity index (χ0n) is 19.7. The lowest BCUT2D eigenvalue weighted by Gasteiger charge is -2.26. The largest absolute Gasteiger partial charge is 0.302 e. The van der Waals surface area contributed by atoms with Crippen LogP contribution < -0.4 is 4.90 Å². The molecule has 0 bridgehead atoms. The van der Waals surface area contributed by atoms with Crippen LogP contribution in [0.5, 0.6) is 0 Å². The van der Waals surface area contributed by atoms with Gasteiger partial charge in [0.2, 0.25) is 5.91 Å². The van der Waals surface area contributed by atoms with Crippen LogP contribution in [0.4, 0.5) is 9.52 Å². The summed E-state index contributed by atoms with van der Waals surface area (Å²) in [4.78, 5) is 22.6. The molecule has 0 radical (unpaired) electrons. The number of hydrogen-bond donors (Lipinski definition) is 0. The van der Waals surface area contributed by atoms with Gasteiger partial charge in [-0.3, -0.25) is 9.69 Å². The number of rotatable bonds is 10. The number of halogens is 1. The molecule has 0 saturated carbocycles. The minimum absolute atomic E-state index is 0.0180. The average Bonchev–Trinajstić information content (AvgIpc) is 3.29. The molecule has 0 unspecified atom stereocenters.